The Kier molecular flexibility index (Phi) is 4.20. The smallest absolute Gasteiger partial charge is 0.237 e. The second-order valence-corrected chi connectivity index (χ2v) is 5.55. The molecule has 2 heterocycles. The Morgan fingerprint density at radius 2 is 2.29 bits per heavy atom. The predicted molar refractivity (Wildman–Crippen MR) is 80.6 cm³/mol. The molecular formula is C16H20FN3O. The molecule has 1 aromatic heterocycles. The third-order valence-corrected chi connectivity index (χ3v) is 4.05. The van der Waals surface area contributed by atoms with Crippen molar-refractivity contribution >= 4 is 16.8 Å². The van der Waals surface area contributed by atoms with E-state index in [0.717, 1.165) is 48.7 Å². The van der Waals surface area contributed by atoms with Crippen molar-refractivity contribution in [3.63, 3.8) is 0 Å². The van der Waals surface area contributed by atoms with Gasteiger partial charge in [-0.05, 0) is 49.6 Å². The molecule has 0 spiro atoms. The molecule has 1 aliphatic rings. The van der Waals surface area contributed by atoms with Crippen LogP contribution in [0.2, 0.25) is 0 Å². The number of amides is 1. The zero-order valence-corrected chi connectivity index (χ0v) is 11.9. The minimum atomic E-state index is -0.243. The van der Waals surface area contributed by atoms with E-state index in [0.29, 0.717) is 6.54 Å². The van der Waals surface area contributed by atoms with Gasteiger partial charge >= 0.3 is 0 Å². The van der Waals surface area contributed by atoms with Crippen LogP contribution in [-0.4, -0.2) is 30.0 Å². The summed E-state index contributed by atoms with van der Waals surface area (Å²) in [5, 5.41) is 7.23. The summed E-state index contributed by atoms with van der Waals surface area (Å²) in [5.41, 5.74) is 1.90. The Morgan fingerprint density at radius 3 is 3.10 bits per heavy atom. The van der Waals surface area contributed by atoms with Gasteiger partial charge in [0.2, 0.25) is 5.91 Å². The number of fused-ring (bicyclic) bond motifs is 1. The number of aromatic amines is 1. The maximum absolute atomic E-state index is 13.1. The van der Waals surface area contributed by atoms with Crippen LogP contribution < -0.4 is 10.6 Å². The highest BCUT2D eigenvalue weighted by Gasteiger charge is 2.19. The van der Waals surface area contributed by atoms with Crippen LogP contribution in [0.1, 0.15) is 24.8 Å². The van der Waals surface area contributed by atoms with Crippen LogP contribution in [0.15, 0.2) is 24.4 Å². The summed E-state index contributed by atoms with van der Waals surface area (Å²) in [6.07, 6.45) is 5.80. The summed E-state index contributed by atoms with van der Waals surface area (Å²) in [5.74, 6) is -0.159. The number of aromatic nitrogens is 1. The predicted octanol–water partition coefficient (Wildman–Crippen LogP) is 2.11. The van der Waals surface area contributed by atoms with Crippen LogP contribution in [0.25, 0.3) is 10.9 Å². The molecule has 1 aliphatic heterocycles. The van der Waals surface area contributed by atoms with Gasteiger partial charge in [-0.1, -0.05) is 6.42 Å². The van der Waals surface area contributed by atoms with Gasteiger partial charge in [-0.3, -0.25) is 4.79 Å². The highest BCUT2D eigenvalue weighted by Crippen LogP contribution is 2.19. The molecule has 4 nitrogen and oxygen atoms in total. The van der Waals surface area contributed by atoms with Crippen molar-refractivity contribution in [1.82, 2.24) is 15.6 Å². The molecule has 3 N–H and O–H groups in total. The fourth-order valence-corrected chi connectivity index (χ4v) is 2.88. The van der Waals surface area contributed by atoms with E-state index in [-0.39, 0.29) is 17.8 Å². The van der Waals surface area contributed by atoms with Crippen LogP contribution in [0.3, 0.4) is 0 Å². The summed E-state index contributed by atoms with van der Waals surface area (Å²) >= 11 is 0. The molecule has 3 rings (SSSR count). The maximum atomic E-state index is 13.1. The standard InChI is InChI=1S/C16H20FN3O/c17-12-4-5-13-11(10-20-15(13)9-12)6-8-19-16(21)14-3-1-2-7-18-14/h4-5,9-10,14,18,20H,1-3,6-8H2,(H,19,21). The Bertz CT molecular complexity index is 631. The molecule has 0 radical (unpaired) electrons. The molecule has 0 aliphatic carbocycles. The van der Waals surface area contributed by atoms with Gasteiger partial charge in [0.25, 0.3) is 0 Å². The van der Waals surface area contributed by atoms with Gasteiger partial charge in [0.15, 0.2) is 0 Å². The van der Waals surface area contributed by atoms with Crippen molar-refractivity contribution in [3.05, 3.63) is 35.8 Å². The zero-order chi connectivity index (χ0) is 14.7. The number of rotatable bonds is 4. The summed E-state index contributed by atoms with van der Waals surface area (Å²) in [6, 6.07) is 4.69. The lowest BCUT2D eigenvalue weighted by atomic mass is 10.0. The van der Waals surface area contributed by atoms with Crippen molar-refractivity contribution in [2.45, 2.75) is 31.7 Å². The number of hydrogen-bond donors (Lipinski definition) is 3. The molecule has 112 valence electrons. The van der Waals surface area contributed by atoms with Crippen LogP contribution >= 0.6 is 0 Å². The lowest BCUT2D eigenvalue weighted by Crippen LogP contribution is -2.47. The number of H-pyrrole nitrogens is 1. The molecule has 1 saturated heterocycles. The van der Waals surface area contributed by atoms with Crippen LogP contribution in [0, 0.1) is 5.82 Å². The summed E-state index contributed by atoms with van der Waals surface area (Å²) in [7, 11) is 0. The number of nitrogens with one attached hydrogen (secondary N) is 3. The largest absolute Gasteiger partial charge is 0.361 e. The van der Waals surface area contributed by atoms with E-state index in [1.807, 2.05) is 6.20 Å². The molecule has 1 aromatic carbocycles. The second kappa shape index (κ2) is 6.26. The first-order valence-corrected chi connectivity index (χ1v) is 7.50. The second-order valence-electron chi connectivity index (χ2n) is 5.55. The monoisotopic (exact) mass is 289 g/mol. The van der Waals surface area contributed by atoms with E-state index in [1.165, 1.54) is 12.1 Å². The van der Waals surface area contributed by atoms with E-state index in [9.17, 15) is 9.18 Å². The third-order valence-electron chi connectivity index (χ3n) is 4.05. The quantitative estimate of drug-likeness (QED) is 0.807. The zero-order valence-electron chi connectivity index (χ0n) is 11.9. The minimum absolute atomic E-state index is 0.0455. The summed E-state index contributed by atoms with van der Waals surface area (Å²) in [6.45, 7) is 1.52. The number of benzene rings is 1. The molecule has 21 heavy (non-hydrogen) atoms. The van der Waals surface area contributed by atoms with E-state index >= 15 is 0 Å². The Balaban J connectivity index is 1.55. The van der Waals surface area contributed by atoms with Gasteiger partial charge in [-0.2, -0.15) is 0 Å². The first kappa shape index (κ1) is 14.1. The SMILES string of the molecule is O=C(NCCc1c[nH]c2cc(F)ccc12)C1CCCCN1. The average Bonchev–Trinajstić information content (AvgIpc) is 2.90. The number of piperidine rings is 1. The number of carbonyl (C=O) groups excluding carboxylic acids is 1. The van der Waals surface area contributed by atoms with Crippen molar-refractivity contribution in [2.75, 3.05) is 13.1 Å². The fourth-order valence-electron chi connectivity index (χ4n) is 2.88. The van der Waals surface area contributed by atoms with Crippen molar-refractivity contribution < 1.29 is 9.18 Å². The lowest BCUT2D eigenvalue weighted by molar-refractivity contribution is -0.123. The number of carbonyl (C=O) groups is 1. The highest BCUT2D eigenvalue weighted by atomic mass is 19.1. The fraction of sp³-hybridized carbons (Fsp3) is 0.438. The molecule has 0 bridgehead atoms. The van der Waals surface area contributed by atoms with Crippen LogP contribution in [0.4, 0.5) is 4.39 Å². The van der Waals surface area contributed by atoms with Gasteiger partial charge in [-0.15, -0.1) is 0 Å². The average molecular weight is 289 g/mol. The normalized spacial score (nSPS) is 18.8. The van der Waals surface area contributed by atoms with E-state index in [4.69, 9.17) is 0 Å². The van der Waals surface area contributed by atoms with Crippen molar-refractivity contribution in [3.8, 4) is 0 Å². The lowest BCUT2D eigenvalue weighted by Gasteiger charge is -2.22. The third kappa shape index (κ3) is 3.24. The molecule has 5 heteroatoms. The molecular weight excluding hydrogens is 269 g/mol. The Morgan fingerprint density at radius 1 is 1.38 bits per heavy atom. The summed E-state index contributed by atoms with van der Waals surface area (Å²) in [4.78, 5) is 15.1. The Hall–Kier alpha value is -1.88. The molecule has 1 atom stereocenters. The first-order chi connectivity index (χ1) is 10.2. The number of halogens is 1. The van der Waals surface area contributed by atoms with E-state index < -0.39 is 0 Å². The van der Waals surface area contributed by atoms with Crippen molar-refractivity contribution in [1.29, 1.82) is 0 Å². The van der Waals surface area contributed by atoms with Gasteiger partial charge in [-0.25, -0.2) is 4.39 Å². The van der Waals surface area contributed by atoms with Gasteiger partial charge in [0, 0.05) is 23.6 Å². The first-order valence-electron chi connectivity index (χ1n) is 7.50. The highest BCUT2D eigenvalue weighted by molar-refractivity contribution is 5.84. The maximum Gasteiger partial charge on any atom is 0.237 e. The topological polar surface area (TPSA) is 56.9 Å². The van der Waals surface area contributed by atoms with E-state index in [2.05, 4.69) is 15.6 Å². The minimum Gasteiger partial charge on any atom is -0.361 e. The molecule has 0 saturated carbocycles. The molecule has 2 aromatic rings. The summed E-state index contributed by atoms with van der Waals surface area (Å²) < 4.78 is 13.1. The van der Waals surface area contributed by atoms with Crippen LogP contribution in [0.5, 0.6) is 0 Å². The molecule has 1 fully saturated rings. The molecule has 1 unspecified atom stereocenters. The van der Waals surface area contributed by atoms with Gasteiger partial charge in [0.05, 0.1) is 6.04 Å². The van der Waals surface area contributed by atoms with Gasteiger partial charge < -0.3 is 15.6 Å². The number of hydrogen-bond acceptors (Lipinski definition) is 2. The van der Waals surface area contributed by atoms with Crippen molar-refractivity contribution in [2.24, 2.45) is 0 Å². The van der Waals surface area contributed by atoms with Gasteiger partial charge in [0.1, 0.15) is 5.82 Å². The van der Waals surface area contributed by atoms with E-state index in [1.54, 1.807) is 6.07 Å². The van der Waals surface area contributed by atoms with Crippen LogP contribution in [-0.2, 0) is 11.2 Å². The Labute approximate surface area is 123 Å². The molecule has 1 amide bonds.